The van der Waals surface area contributed by atoms with Crippen molar-refractivity contribution >= 4 is 32.5 Å². The van der Waals surface area contributed by atoms with Gasteiger partial charge in [-0.2, -0.15) is 3.97 Å². The Balaban J connectivity index is 1.90. The minimum absolute atomic E-state index is 0.156. The lowest BCUT2D eigenvalue weighted by atomic mass is 9.89. The normalized spacial score (nSPS) is 17.1. The third-order valence-corrected chi connectivity index (χ3v) is 9.77. The number of rotatable bonds is 6. The Kier molecular flexibility index (Phi) is 6.96. The Morgan fingerprint density at radius 1 is 1.18 bits per heavy atom. The summed E-state index contributed by atoms with van der Waals surface area (Å²) in [6.45, 7) is 8.65. The van der Waals surface area contributed by atoms with E-state index in [0.29, 0.717) is 11.6 Å². The van der Waals surface area contributed by atoms with Gasteiger partial charge in [0.15, 0.2) is 11.5 Å². The number of aromatic nitrogens is 2. The zero-order valence-electron chi connectivity index (χ0n) is 20.7. The van der Waals surface area contributed by atoms with Crippen LogP contribution in [-0.2, 0) is 28.1 Å². The molecule has 1 saturated carbocycles. The molecule has 186 valence electrons. The number of nitrogens with zero attached hydrogens (tertiary/aromatic N) is 3. The predicted molar refractivity (Wildman–Crippen MR) is 139 cm³/mol. The van der Waals surface area contributed by atoms with E-state index in [4.69, 9.17) is 5.14 Å². The van der Waals surface area contributed by atoms with Crippen LogP contribution in [0.4, 0.5) is 0 Å². The molecule has 7 nitrogen and oxygen atoms in total. The van der Waals surface area contributed by atoms with Crippen molar-refractivity contribution in [3.8, 4) is 11.3 Å². The lowest BCUT2D eigenvalue weighted by Gasteiger charge is -2.31. The van der Waals surface area contributed by atoms with Crippen molar-refractivity contribution < 1.29 is 13.0 Å². The molecule has 0 aliphatic heterocycles. The molecular weight excluding hydrogens is 468 g/mol. The van der Waals surface area contributed by atoms with Gasteiger partial charge in [-0.15, -0.1) is 4.31 Å². The summed E-state index contributed by atoms with van der Waals surface area (Å²) < 4.78 is 44.1. The third-order valence-electron chi connectivity index (χ3n) is 7.09. The summed E-state index contributed by atoms with van der Waals surface area (Å²) in [5.74, 6) is 0.501. The van der Waals surface area contributed by atoms with Crippen molar-refractivity contribution in [1.82, 2.24) is 12.8 Å². The molecule has 0 radical (unpaired) electrons. The summed E-state index contributed by atoms with van der Waals surface area (Å²) in [6, 6.07) is 9.53. The van der Waals surface area contributed by atoms with Crippen molar-refractivity contribution in [2.75, 3.05) is 7.05 Å². The minimum atomic E-state index is -3.88. The molecule has 1 atom stereocenters. The van der Waals surface area contributed by atoms with E-state index in [2.05, 4.69) is 4.57 Å². The van der Waals surface area contributed by atoms with Crippen LogP contribution >= 0.6 is 0 Å². The first-order valence-corrected chi connectivity index (χ1v) is 14.5. The SMILES string of the molecule is Cc1c(S(N)(=O)=O)cc(-c2cn([S+]([O-])N(C)C(C)(C)C)c3ccccc23)n1CC1CCCCC1. The van der Waals surface area contributed by atoms with Gasteiger partial charge in [0.25, 0.3) is 0 Å². The number of fused-ring (bicyclic) bond motifs is 1. The van der Waals surface area contributed by atoms with Crippen molar-refractivity contribution in [2.45, 2.75) is 76.8 Å². The molecule has 0 amide bonds. The molecule has 3 aromatic rings. The summed E-state index contributed by atoms with van der Waals surface area (Å²) in [5, 5.41) is 6.54. The molecular formula is C25H36N4O3S2. The Morgan fingerprint density at radius 2 is 1.82 bits per heavy atom. The first-order valence-electron chi connectivity index (χ1n) is 11.9. The van der Waals surface area contributed by atoms with Crippen LogP contribution < -0.4 is 5.14 Å². The number of sulfonamides is 1. The Bertz CT molecular complexity index is 1280. The number of para-hydroxylation sites is 1. The summed E-state index contributed by atoms with van der Waals surface area (Å²) in [7, 11) is -2.03. The van der Waals surface area contributed by atoms with Gasteiger partial charge in [-0.1, -0.05) is 37.5 Å². The maximum atomic E-state index is 13.6. The second kappa shape index (κ2) is 9.35. The van der Waals surface area contributed by atoms with E-state index in [9.17, 15) is 13.0 Å². The molecule has 9 heteroatoms. The Labute approximate surface area is 206 Å². The molecule has 1 fully saturated rings. The smallest absolute Gasteiger partial charge is 0.239 e. The predicted octanol–water partition coefficient (Wildman–Crippen LogP) is 4.80. The molecule has 2 heterocycles. The van der Waals surface area contributed by atoms with E-state index >= 15 is 0 Å². The Morgan fingerprint density at radius 3 is 2.44 bits per heavy atom. The van der Waals surface area contributed by atoms with Crippen LogP contribution in [0.15, 0.2) is 41.4 Å². The molecule has 34 heavy (non-hydrogen) atoms. The molecule has 4 rings (SSSR count). The second-order valence-corrected chi connectivity index (χ2v) is 13.4. The van der Waals surface area contributed by atoms with Gasteiger partial charge in [-0.25, -0.2) is 13.6 Å². The van der Waals surface area contributed by atoms with Gasteiger partial charge in [-0.05, 0) is 58.6 Å². The van der Waals surface area contributed by atoms with Crippen LogP contribution in [-0.4, -0.2) is 38.4 Å². The van der Waals surface area contributed by atoms with Gasteiger partial charge in [0.2, 0.25) is 10.0 Å². The van der Waals surface area contributed by atoms with Crippen LogP contribution in [0.2, 0.25) is 0 Å². The van der Waals surface area contributed by atoms with Gasteiger partial charge >= 0.3 is 0 Å². The monoisotopic (exact) mass is 504 g/mol. The maximum absolute atomic E-state index is 13.6. The zero-order chi connectivity index (χ0) is 24.8. The molecule has 2 N–H and O–H groups in total. The van der Waals surface area contributed by atoms with Gasteiger partial charge < -0.3 is 9.12 Å². The molecule has 0 spiro atoms. The summed E-state index contributed by atoms with van der Waals surface area (Å²) in [5.41, 5.74) is 2.87. The zero-order valence-corrected chi connectivity index (χ0v) is 22.4. The van der Waals surface area contributed by atoms with Crippen molar-refractivity contribution in [3.63, 3.8) is 0 Å². The summed E-state index contributed by atoms with van der Waals surface area (Å²) in [4.78, 5) is 0.156. The fourth-order valence-electron chi connectivity index (χ4n) is 4.84. The molecule has 1 aliphatic rings. The molecule has 2 aromatic heterocycles. The van der Waals surface area contributed by atoms with Crippen LogP contribution in [0.5, 0.6) is 0 Å². The lowest BCUT2D eigenvalue weighted by molar-refractivity contribution is 0.289. The Hall–Kier alpha value is -1.78. The van der Waals surface area contributed by atoms with E-state index < -0.39 is 21.6 Å². The number of primary sulfonamides is 1. The first-order chi connectivity index (χ1) is 15.9. The number of hydrogen-bond acceptors (Lipinski definition) is 4. The second-order valence-electron chi connectivity index (χ2n) is 10.4. The average molecular weight is 505 g/mol. The summed E-state index contributed by atoms with van der Waals surface area (Å²) >= 11 is -1.46. The molecule has 1 aromatic carbocycles. The van der Waals surface area contributed by atoms with Gasteiger partial charge in [-0.3, -0.25) is 0 Å². The van der Waals surface area contributed by atoms with E-state index in [1.54, 1.807) is 10.0 Å². The molecule has 0 bridgehead atoms. The first kappa shape index (κ1) is 25.3. The van der Waals surface area contributed by atoms with Crippen LogP contribution in [0, 0.1) is 12.8 Å². The molecule has 0 saturated heterocycles. The lowest BCUT2D eigenvalue weighted by Crippen LogP contribution is -2.44. The summed E-state index contributed by atoms with van der Waals surface area (Å²) in [6.07, 6.45) is 7.85. The van der Waals surface area contributed by atoms with Crippen LogP contribution in [0.25, 0.3) is 22.2 Å². The highest BCUT2D eigenvalue weighted by atomic mass is 32.2. The highest BCUT2D eigenvalue weighted by Crippen LogP contribution is 2.37. The fourth-order valence-corrected chi connectivity index (χ4v) is 6.90. The van der Waals surface area contributed by atoms with E-state index in [-0.39, 0.29) is 10.4 Å². The molecule has 1 unspecified atom stereocenters. The average Bonchev–Trinajstić information content (AvgIpc) is 3.31. The van der Waals surface area contributed by atoms with Gasteiger partial charge in [0, 0.05) is 30.2 Å². The maximum Gasteiger partial charge on any atom is 0.239 e. The highest BCUT2D eigenvalue weighted by molar-refractivity contribution is 7.89. The van der Waals surface area contributed by atoms with E-state index in [1.165, 1.54) is 19.3 Å². The largest absolute Gasteiger partial charge is 0.573 e. The molecule has 1 aliphatic carbocycles. The van der Waals surface area contributed by atoms with Gasteiger partial charge in [0.1, 0.15) is 10.4 Å². The minimum Gasteiger partial charge on any atom is -0.573 e. The number of hydrogen-bond donors (Lipinski definition) is 1. The topological polar surface area (TPSA) is 96.3 Å². The fraction of sp³-hybridized carbons (Fsp3) is 0.520. The highest BCUT2D eigenvalue weighted by Gasteiger charge is 2.32. The van der Waals surface area contributed by atoms with Crippen molar-refractivity contribution in [1.29, 1.82) is 0 Å². The van der Waals surface area contributed by atoms with E-state index in [0.717, 1.165) is 41.5 Å². The number of nitrogens with two attached hydrogens (primary N) is 1. The van der Waals surface area contributed by atoms with Crippen LogP contribution in [0.1, 0.15) is 58.6 Å². The number of benzene rings is 1. The van der Waals surface area contributed by atoms with Gasteiger partial charge in [0.05, 0.1) is 17.4 Å². The van der Waals surface area contributed by atoms with E-state index in [1.807, 2.05) is 69.5 Å². The van der Waals surface area contributed by atoms with Crippen LogP contribution in [0.3, 0.4) is 0 Å². The van der Waals surface area contributed by atoms with Crippen molar-refractivity contribution in [3.05, 3.63) is 42.2 Å². The van der Waals surface area contributed by atoms with Crippen molar-refractivity contribution in [2.24, 2.45) is 11.1 Å². The standard InChI is InChI=1S/C25H36N4O3S2/c1-18-24(34(26,31)32)15-23(28(18)16-19-11-7-6-8-12-19)21-17-29(22-14-10-9-13-20(21)22)33(30)27(5)25(2,3)4/h9-10,13-15,17,19H,6-8,11-12,16H2,1-5H3,(H2,26,31,32). The quantitative estimate of drug-likeness (QED) is 0.488. The third kappa shape index (κ3) is 4.81.